The number of nitrogens with zero attached hydrogens (tertiary/aromatic N) is 2. The summed E-state index contributed by atoms with van der Waals surface area (Å²) in [4.78, 5) is 45.7. The summed E-state index contributed by atoms with van der Waals surface area (Å²) in [5.74, 6) is -2.99. The van der Waals surface area contributed by atoms with E-state index in [1.54, 1.807) is 11.8 Å². The number of likely N-dealkylation sites (tertiary alicyclic amines) is 1. The van der Waals surface area contributed by atoms with Crippen molar-refractivity contribution in [3.05, 3.63) is 60.2 Å². The largest absolute Gasteiger partial charge is 0.465 e. The molecule has 1 spiro atoms. The Morgan fingerprint density at radius 3 is 2.47 bits per heavy atom. The van der Waals surface area contributed by atoms with Crippen molar-refractivity contribution in [1.82, 2.24) is 9.80 Å². The number of cyclic esters (lactones) is 1. The van der Waals surface area contributed by atoms with Crippen molar-refractivity contribution in [2.75, 3.05) is 19.8 Å². The Balaban J connectivity index is 1.67. The molecule has 0 radical (unpaired) electrons. The van der Waals surface area contributed by atoms with Crippen LogP contribution in [0.25, 0.3) is 0 Å². The van der Waals surface area contributed by atoms with Gasteiger partial charge in [0.15, 0.2) is 0 Å². The van der Waals surface area contributed by atoms with E-state index in [9.17, 15) is 19.5 Å². The average molecular weight is 523 g/mol. The number of rotatable bonds is 4. The minimum Gasteiger partial charge on any atom is -0.465 e. The summed E-state index contributed by atoms with van der Waals surface area (Å²) >= 11 is 0. The number of hydrogen-bond donors (Lipinski definition) is 1. The zero-order chi connectivity index (χ0) is 27.3. The fraction of sp³-hybridized carbons (Fsp3) is 0.567. The molecule has 1 aromatic carbocycles. The van der Waals surface area contributed by atoms with Crippen molar-refractivity contribution in [2.45, 2.75) is 75.8 Å². The summed E-state index contributed by atoms with van der Waals surface area (Å²) in [6.45, 7) is 7.95. The minimum absolute atomic E-state index is 0.252. The first-order valence-electron chi connectivity index (χ1n) is 13.5. The second kappa shape index (κ2) is 9.65. The maximum Gasteiger partial charge on any atom is 0.313 e. The van der Waals surface area contributed by atoms with Crippen LogP contribution in [0.4, 0.5) is 0 Å². The van der Waals surface area contributed by atoms with E-state index in [1.165, 1.54) is 4.90 Å². The summed E-state index contributed by atoms with van der Waals surface area (Å²) < 4.78 is 12.4. The number of aliphatic hydroxyl groups excluding tert-OH is 1. The molecule has 8 heteroatoms. The van der Waals surface area contributed by atoms with Gasteiger partial charge in [-0.3, -0.25) is 14.4 Å². The smallest absolute Gasteiger partial charge is 0.313 e. The van der Waals surface area contributed by atoms with Crippen molar-refractivity contribution in [3.8, 4) is 0 Å². The van der Waals surface area contributed by atoms with Gasteiger partial charge in [-0.15, -0.1) is 0 Å². The van der Waals surface area contributed by atoms with Crippen LogP contribution < -0.4 is 0 Å². The molecule has 0 aliphatic carbocycles. The second-order valence-electron chi connectivity index (χ2n) is 12.0. The molecule has 0 bridgehead atoms. The number of benzene rings is 1. The van der Waals surface area contributed by atoms with Crippen LogP contribution >= 0.6 is 0 Å². The maximum atomic E-state index is 14.5. The van der Waals surface area contributed by atoms with Gasteiger partial charge < -0.3 is 24.4 Å². The van der Waals surface area contributed by atoms with Gasteiger partial charge in [0.2, 0.25) is 11.8 Å². The number of carbonyl (C=O) groups excluding carboxylic acids is 3. The van der Waals surface area contributed by atoms with Gasteiger partial charge in [-0.25, -0.2) is 0 Å². The Kier molecular flexibility index (Phi) is 6.76. The SMILES string of the molecule is CC(C)(C)N1CC=C[C@]23O[C@]4(C)/C=C\CCCOC(=O)[C@@H]4[C@H]2C(=O)N([C@@H](CO)Cc2ccccc2)C3C1=O. The molecule has 1 unspecified atom stereocenters. The average Bonchev–Trinajstić information content (AvgIpc) is 3.21. The third-order valence-electron chi connectivity index (χ3n) is 8.42. The van der Waals surface area contributed by atoms with Gasteiger partial charge in [0.1, 0.15) is 17.6 Å². The molecule has 0 aromatic heterocycles. The van der Waals surface area contributed by atoms with Crippen LogP contribution in [0.1, 0.15) is 46.1 Å². The quantitative estimate of drug-likeness (QED) is 0.483. The highest BCUT2D eigenvalue weighted by atomic mass is 16.6. The molecule has 8 nitrogen and oxygen atoms in total. The third-order valence-corrected chi connectivity index (χ3v) is 8.42. The molecule has 204 valence electrons. The van der Waals surface area contributed by atoms with E-state index in [-0.39, 0.29) is 25.0 Å². The predicted octanol–water partition coefficient (Wildman–Crippen LogP) is 2.65. The lowest BCUT2D eigenvalue weighted by molar-refractivity contribution is -0.162. The number of hydrogen-bond acceptors (Lipinski definition) is 6. The molecule has 2 amide bonds. The number of amides is 2. The zero-order valence-corrected chi connectivity index (χ0v) is 22.6. The molecule has 38 heavy (non-hydrogen) atoms. The van der Waals surface area contributed by atoms with Crippen LogP contribution in [-0.4, -0.2) is 81.3 Å². The van der Waals surface area contributed by atoms with Gasteiger partial charge in [0.05, 0.1) is 30.8 Å². The Hall–Kier alpha value is -2.97. The number of aliphatic hydroxyl groups is 1. The van der Waals surface area contributed by atoms with E-state index < -0.39 is 46.6 Å². The summed E-state index contributed by atoms with van der Waals surface area (Å²) in [7, 11) is 0. The molecule has 2 saturated heterocycles. The molecule has 1 N–H and O–H groups in total. The number of esters is 1. The van der Waals surface area contributed by atoms with E-state index in [1.807, 2.05) is 75.4 Å². The van der Waals surface area contributed by atoms with Crippen LogP contribution in [0, 0.1) is 11.8 Å². The molecular weight excluding hydrogens is 484 g/mol. The van der Waals surface area contributed by atoms with Gasteiger partial charge in [-0.2, -0.15) is 0 Å². The maximum absolute atomic E-state index is 14.5. The van der Waals surface area contributed by atoms with E-state index in [2.05, 4.69) is 0 Å². The molecular formula is C30H38N2O6. The minimum atomic E-state index is -1.37. The van der Waals surface area contributed by atoms with Crippen molar-refractivity contribution in [1.29, 1.82) is 0 Å². The fourth-order valence-electron chi connectivity index (χ4n) is 6.71. The summed E-state index contributed by atoms with van der Waals surface area (Å²) in [5.41, 5.74) is -2.08. The lowest BCUT2D eigenvalue weighted by Gasteiger charge is -2.43. The number of allylic oxidation sites excluding steroid dienone is 1. The van der Waals surface area contributed by atoms with E-state index in [0.29, 0.717) is 19.4 Å². The molecule has 0 saturated carbocycles. The molecule has 6 atom stereocenters. The summed E-state index contributed by atoms with van der Waals surface area (Å²) in [5, 5.41) is 10.6. The Labute approximate surface area is 224 Å². The number of carbonyl (C=O) groups is 3. The van der Waals surface area contributed by atoms with Crippen LogP contribution in [0.15, 0.2) is 54.6 Å². The Morgan fingerprint density at radius 2 is 1.79 bits per heavy atom. The lowest BCUT2D eigenvalue weighted by Crippen LogP contribution is -2.61. The van der Waals surface area contributed by atoms with Crippen LogP contribution in [0.5, 0.6) is 0 Å². The predicted molar refractivity (Wildman–Crippen MR) is 141 cm³/mol. The van der Waals surface area contributed by atoms with Crippen LogP contribution in [0.2, 0.25) is 0 Å². The highest BCUT2D eigenvalue weighted by molar-refractivity contribution is 5.99. The highest BCUT2D eigenvalue weighted by Gasteiger charge is 2.75. The normalized spacial score (nSPS) is 34.9. The van der Waals surface area contributed by atoms with Gasteiger partial charge in [-0.05, 0) is 52.5 Å². The number of fused-ring (bicyclic) bond motifs is 2. The zero-order valence-electron chi connectivity index (χ0n) is 22.6. The molecule has 2 fully saturated rings. The third kappa shape index (κ3) is 4.18. The summed E-state index contributed by atoms with van der Waals surface area (Å²) in [6.07, 6.45) is 9.31. The fourth-order valence-corrected chi connectivity index (χ4v) is 6.71. The van der Waals surface area contributed by atoms with Gasteiger partial charge in [0.25, 0.3) is 0 Å². The first-order chi connectivity index (χ1) is 18.0. The lowest BCUT2D eigenvalue weighted by atomic mass is 9.74. The monoisotopic (exact) mass is 522 g/mol. The van der Waals surface area contributed by atoms with E-state index in [0.717, 1.165) is 12.0 Å². The van der Waals surface area contributed by atoms with Crippen molar-refractivity contribution < 1.29 is 29.0 Å². The van der Waals surface area contributed by atoms with Crippen molar-refractivity contribution >= 4 is 17.8 Å². The van der Waals surface area contributed by atoms with Gasteiger partial charge in [0, 0.05) is 12.1 Å². The number of ether oxygens (including phenoxy) is 2. The topological polar surface area (TPSA) is 96.4 Å². The summed E-state index contributed by atoms with van der Waals surface area (Å²) in [6, 6.07) is 7.87. The van der Waals surface area contributed by atoms with Crippen molar-refractivity contribution in [2.24, 2.45) is 11.8 Å². The van der Waals surface area contributed by atoms with Crippen LogP contribution in [-0.2, 0) is 30.3 Å². The highest BCUT2D eigenvalue weighted by Crippen LogP contribution is 2.57. The standard InChI is InChI=1S/C30H38N2O6/c1-28(2,3)31-16-11-15-30-22(23-27(36)37-17-10-6-9-14-29(23,4)38-30)25(34)32(24(30)26(31)35)21(19-33)18-20-12-7-5-8-13-20/h5,7-9,11-15,21-24,33H,6,10,16-19H2,1-4H3/b14-9-/t21-,22+,23+,24?,29-,30+/m1/s1. The van der Waals surface area contributed by atoms with E-state index in [4.69, 9.17) is 9.47 Å². The first kappa shape index (κ1) is 26.6. The molecule has 1 aromatic rings. The Morgan fingerprint density at radius 1 is 1.05 bits per heavy atom. The Bertz CT molecular complexity index is 1160. The molecule has 5 rings (SSSR count). The molecule has 4 heterocycles. The second-order valence-corrected chi connectivity index (χ2v) is 12.0. The molecule has 4 aliphatic heterocycles. The van der Waals surface area contributed by atoms with Crippen LogP contribution in [0.3, 0.4) is 0 Å². The van der Waals surface area contributed by atoms with E-state index >= 15 is 0 Å². The van der Waals surface area contributed by atoms with Gasteiger partial charge in [-0.1, -0.05) is 54.6 Å². The first-order valence-corrected chi connectivity index (χ1v) is 13.5. The van der Waals surface area contributed by atoms with Crippen molar-refractivity contribution in [3.63, 3.8) is 0 Å². The molecule has 4 aliphatic rings. The van der Waals surface area contributed by atoms with Gasteiger partial charge >= 0.3 is 5.97 Å².